The Morgan fingerprint density at radius 3 is 2.58 bits per heavy atom. The molecule has 130 valence electrons. The number of rotatable bonds is 4. The second kappa shape index (κ2) is 6.93. The molecule has 1 aliphatic carbocycles. The fourth-order valence-corrected chi connectivity index (χ4v) is 3.64. The lowest BCUT2D eigenvalue weighted by atomic mass is 9.76. The topological polar surface area (TPSA) is 66.6 Å². The highest BCUT2D eigenvalue weighted by atomic mass is 16.2. The number of benzene rings is 1. The molecule has 0 spiro atoms. The lowest BCUT2D eigenvalue weighted by Gasteiger charge is -2.41. The van der Waals surface area contributed by atoms with Gasteiger partial charge >= 0.3 is 0 Å². The van der Waals surface area contributed by atoms with Crippen molar-refractivity contribution < 1.29 is 9.59 Å². The maximum absolute atomic E-state index is 12.8. The van der Waals surface area contributed by atoms with Crippen molar-refractivity contribution in [3.8, 4) is 0 Å². The predicted molar refractivity (Wildman–Crippen MR) is 93.0 cm³/mol. The number of carbonyl (C=O) groups is 2. The second-order valence-electron chi connectivity index (χ2n) is 7.08. The minimum absolute atomic E-state index is 0.0292. The molecule has 1 aromatic carbocycles. The minimum atomic E-state index is -0.685. The van der Waals surface area contributed by atoms with Crippen LogP contribution in [0, 0.1) is 0 Å². The molecule has 1 unspecified atom stereocenters. The Kier molecular flexibility index (Phi) is 4.90. The number of hydrogen-bond donors (Lipinski definition) is 1. The molecule has 0 bridgehead atoms. The highest BCUT2D eigenvalue weighted by Crippen LogP contribution is 2.32. The van der Waals surface area contributed by atoms with Gasteiger partial charge in [0.2, 0.25) is 11.8 Å². The molecule has 1 saturated heterocycles. The molecule has 2 amide bonds. The van der Waals surface area contributed by atoms with E-state index in [0.29, 0.717) is 26.1 Å². The van der Waals surface area contributed by atoms with Gasteiger partial charge in [-0.15, -0.1) is 0 Å². The van der Waals surface area contributed by atoms with Crippen LogP contribution in [-0.4, -0.2) is 46.3 Å². The summed E-state index contributed by atoms with van der Waals surface area (Å²) < 4.78 is 0. The molecular weight excluding hydrogens is 302 g/mol. The zero-order valence-corrected chi connectivity index (χ0v) is 14.4. The van der Waals surface area contributed by atoms with E-state index >= 15 is 0 Å². The van der Waals surface area contributed by atoms with Crippen molar-refractivity contribution >= 4 is 11.8 Å². The first-order valence-electron chi connectivity index (χ1n) is 8.95. The SMILES string of the molecule is CCC1CN(C(=O)C2(N)CCC2)CCC(=O)N1Cc1ccccc1. The van der Waals surface area contributed by atoms with E-state index in [-0.39, 0.29) is 17.9 Å². The van der Waals surface area contributed by atoms with Crippen LogP contribution < -0.4 is 5.73 Å². The van der Waals surface area contributed by atoms with Gasteiger partial charge in [-0.2, -0.15) is 0 Å². The third kappa shape index (κ3) is 3.31. The summed E-state index contributed by atoms with van der Waals surface area (Å²) in [5, 5.41) is 0. The van der Waals surface area contributed by atoms with Gasteiger partial charge < -0.3 is 15.5 Å². The Balaban J connectivity index is 1.74. The summed E-state index contributed by atoms with van der Waals surface area (Å²) in [4.78, 5) is 29.2. The van der Waals surface area contributed by atoms with Crippen LogP contribution in [0.3, 0.4) is 0 Å². The zero-order chi connectivity index (χ0) is 17.2. The second-order valence-corrected chi connectivity index (χ2v) is 7.08. The summed E-state index contributed by atoms with van der Waals surface area (Å²) in [5.41, 5.74) is 6.66. The Hall–Kier alpha value is -1.88. The van der Waals surface area contributed by atoms with Crippen LogP contribution in [0.5, 0.6) is 0 Å². The van der Waals surface area contributed by atoms with Gasteiger partial charge in [0.05, 0.1) is 5.54 Å². The third-order valence-electron chi connectivity index (χ3n) is 5.41. The highest BCUT2D eigenvalue weighted by Gasteiger charge is 2.44. The molecule has 2 fully saturated rings. The van der Waals surface area contributed by atoms with E-state index in [0.717, 1.165) is 31.2 Å². The van der Waals surface area contributed by atoms with Gasteiger partial charge in [0.1, 0.15) is 0 Å². The number of hydrogen-bond acceptors (Lipinski definition) is 3. The molecule has 3 rings (SSSR count). The zero-order valence-electron chi connectivity index (χ0n) is 14.4. The number of carbonyl (C=O) groups excluding carboxylic acids is 2. The van der Waals surface area contributed by atoms with E-state index in [1.807, 2.05) is 40.1 Å². The molecule has 0 aromatic heterocycles. The standard InChI is InChI=1S/C19H27N3O2/c1-2-16-14-21(18(24)19(20)10-6-11-19)12-9-17(23)22(16)13-15-7-4-3-5-8-15/h3-5,7-8,16H,2,6,9-14,20H2,1H3. The predicted octanol–water partition coefficient (Wildman–Crippen LogP) is 1.91. The smallest absolute Gasteiger partial charge is 0.242 e. The van der Waals surface area contributed by atoms with E-state index in [9.17, 15) is 9.59 Å². The maximum atomic E-state index is 12.8. The van der Waals surface area contributed by atoms with Crippen LogP contribution in [0.1, 0.15) is 44.6 Å². The molecule has 1 atom stereocenters. The van der Waals surface area contributed by atoms with Gasteiger partial charge in [0.25, 0.3) is 0 Å². The van der Waals surface area contributed by atoms with Crippen LogP contribution in [-0.2, 0) is 16.1 Å². The van der Waals surface area contributed by atoms with Crippen LogP contribution >= 0.6 is 0 Å². The van der Waals surface area contributed by atoms with Gasteiger partial charge in [-0.3, -0.25) is 9.59 Å². The molecule has 1 saturated carbocycles. The van der Waals surface area contributed by atoms with Gasteiger partial charge in [-0.1, -0.05) is 37.3 Å². The summed E-state index contributed by atoms with van der Waals surface area (Å²) in [7, 11) is 0. The molecule has 2 N–H and O–H groups in total. The maximum Gasteiger partial charge on any atom is 0.242 e. The van der Waals surface area contributed by atoms with Gasteiger partial charge in [-0.25, -0.2) is 0 Å². The number of amides is 2. The summed E-state index contributed by atoms with van der Waals surface area (Å²) >= 11 is 0. The first-order chi connectivity index (χ1) is 11.5. The first kappa shape index (κ1) is 17.0. The van der Waals surface area contributed by atoms with Crippen LogP contribution in [0.4, 0.5) is 0 Å². The molecule has 24 heavy (non-hydrogen) atoms. The molecule has 1 heterocycles. The van der Waals surface area contributed by atoms with E-state index in [1.165, 1.54) is 0 Å². The molecule has 5 nitrogen and oxygen atoms in total. The van der Waals surface area contributed by atoms with Crippen LogP contribution in [0.2, 0.25) is 0 Å². The Labute approximate surface area is 143 Å². The van der Waals surface area contributed by atoms with E-state index in [2.05, 4.69) is 6.92 Å². The van der Waals surface area contributed by atoms with Crippen LogP contribution in [0.15, 0.2) is 30.3 Å². The molecule has 1 aromatic rings. The lowest BCUT2D eigenvalue weighted by Crippen LogP contribution is -2.60. The largest absolute Gasteiger partial charge is 0.339 e. The van der Waals surface area contributed by atoms with Crippen molar-refractivity contribution in [2.45, 2.75) is 57.2 Å². The highest BCUT2D eigenvalue weighted by molar-refractivity contribution is 5.88. The van der Waals surface area contributed by atoms with Crippen molar-refractivity contribution in [1.29, 1.82) is 0 Å². The lowest BCUT2D eigenvalue weighted by molar-refractivity contribution is -0.140. The quantitative estimate of drug-likeness (QED) is 0.917. The van der Waals surface area contributed by atoms with Gasteiger partial charge in [0, 0.05) is 32.1 Å². The van der Waals surface area contributed by atoms with Gasteiger partial charge in [0.15, 0.2) is 0 Å². The minimum Gasteiger partial charge on any atom is -0.339 e. The normalized spacial score (nSPS) is 23.6. The fourth-order valence-electron chi connectivity index (χ4n) is 3.64. The Morgan fingerprint density at radius 1 is 1.29 bits per heavy atom. The molecule has 5 heteroatoms. The van der Waals surface area contributed by atoms with E-state index in [1.54, 1.807) is 0 Å². The number of nitrogens with two attached hydrogens (primary N) is 1. The summed E-state index contributed by atoms with van der Waals surface area (Å²) in [6.07, 6.45) is 3.76. The van der Waals surface area contributed by atoms with Crippen molar-refractivity contribution in [1.82, 2.24) is 9.80 Å². The van der Waals surface area contributed by atoms with Crippen molar-refractivity contribution in [3.05, 3.63) is 35.9 Å². The number of nitrogens with zero attached hydrogens (tertiary/aromatic N) is 2. The fraction of sp³-hybridized carbons (Fsp3) is 0.579. The van der Waals surface area contributed by atoms with Crippen molar-refractivity contribution in [2.24, 2.45) is 5.73 Å². The molecular formula is C19H27N3O2. The summed E-state index contributed by atoms with van der Waals surface area (Å²) in [6.45, 7) is 3.75. The van der Waals surface area contributed by atoms with E-state index in [4.69, 9.17) is 5.73 Å². The van der Waals surface area contributed by atoms with Gasteiger partial charge in [-0.05, 0) is 31.2 Å². The Morgan fingerprint density at radius 2 is 2.00 bits per heavy atom. The summed E-state index contributed by atoms with van der Waals surface area (Å²) in [6, 6.07) is 10.1. The van der Waals surface area contributed by atoms with Crippen LogP contribution in [0.25, 0.3) is 0 Å². The van der Waals surface area contributed by atoms with Crippen molar-refractivity contribution in [2.75, 3.05) is 13.1 Å². The molecule has 0 radical (unpaired) electrons. The summed E-state index contributed by atoms with van der Waals surface area (Å²) in [5.74, 6) is 0.155. The molecule has 1 aliphatic heterocycles. The molecule has 2 aliphatic rings. The van der Waals surface area contributed by atoms with Crippen molar-refractivity contribution in [3.63, 3.8) is 0 Å². The Bertz CT molecular complexity index is 598. The monoisotopic (exact) mass is 329 g/mol. The average Bonchev–Trinajstić information content (AvgIpc) is 2.73. The van der Waals surface area contributed by atoms with E-state index < -0.39 is 5.54 Å². The first-order valence-corrected chi connectivity index (χ1v) is 8.95. The average molecular weight is 329 g/mol. The third-order valence-corrected chi connectivity index (χ3v) is 5.41.